The summed E-state index contributed by atoms with van der Waals surface area (Å²) in [5.41, 5.74) is -5.66. The number of hydrogen-bond acceptors (Lipinski definition) is 3. The van der Waals surface area contributed by atoms with Crippen molar-refractivity contribution in [2.75, 3.05) is 0 Å². The highest BCUT2D eigenvalue weighted by Crippen LogP contribution is 2.44. The Bertz CT molecular complexity index is 677. The molecule has 0 fully saturated rings. The van der Waals surface area contributed by atoms with Crippen molar-refractivity contribution in [3.05, 3.63) is 47.5 Å². The van der Waals surface area contributed by atoms with E-state index in [1.54, 1.807) is 6.92 Å². The predicted octanol–water partition coefficient (Wildman–Crippen LogP) is 3.92. The van der Waals surface area contributed by atoms with Gasteiger partial charge in [-0.2, -0.15) is 21.6 Å². The maximum atomic E-state index is 12.9. The van der Waals surface area contributed by atoms with Crippen molar-refractivity contribution < 1.29 is 30.2 Å². The van der Waals surface area contributed by atoms with Crippen LogP contribution in [0.4, 0.5) is 17.6 Å². The summed E-state index contributed by atoms with van der Waals surface area (Å²) >= 11 is 0. The van der Waals surface area contributed by atoms with Crippen LogP contribution in [-0.4, -0.2) is 13.9 Å². The maximum Gasteiger partial charge on any atom is 0.534 e. The molecule has 0 amide bonds. The summed E-state index contributed by atoms with van der Waals surface area (Å²) in [6.07, 6.45) is 2.48. The van der Waals surface area contributed by atoms with E-state index in [1.165, 1.54) is 30.3 Å². The zero-order valence-corrected chi connectivity index (χ0v) is 12.5. The molecule has 0 saturated carbocycles. The van der Waals surface area contributed by atoms with Gasteiger partial charge in [0.2, 0.25) is 0 Å². The van der Waals surface area contributed by atoms with Gasteiger partial charge >= 0.3 is 15.6 Å². The van der Waals surface area contributed by atoms with Crippen molar-refractivity contribution in [2.45, 2.75) is 31.7 Å². The summed E-state index contributed by atoms with van der Waals surface area (Å²) in [5, 5.41) is 0. The van der Waals surface area contributed by atoms with Crippen LogP contribution >= 0.6 is 0 Å². The molecule has 0 spiro atoms. The fraction of sp³-hybridized carbons (Fsp3) is 0.429. The van der Waals surface area contributed by atoms with E-state index >= 15 is 0 Å². The third kappa shape index (κ3) is 3.43. The molecule has 2 rings (SSSR count). The molecule has 0 saturated heterocycles. The fourth-order valence-electron chi connectivity index (χ4n) is 2.42. The Morgan fingerprint density at radius 2 is 1.82 bits per heavy atom. The Labute approximate surface area is 125 Å². The first-order valence-electron chi connectivity index (χ1n) is 6.49. The topological polar surface area (TPSA) is 43.4 Å². The Morgan fingerprint density at radius 1 is 1.23 bits per heavy atom. The summed E-state index contributed by atoms with van der Waals surface area (Å²) in [4.78, 5) is 0. The fourth-order valence-corrected chi connectivity index (χ4v) is 3.02. The van der Waals surface area contributed by atoms with Crippen molar-refractivity contribution in [2.24, 2.45) is 5.41 Å². The van der Waals surface area contributed by atoms with Gasteiger partial charge in [-0.25, -0.2) is 4.39 Å². The van der Waals surface area contributed by atoms with Gasteiger partial charge in [-0.3, -0.25) is 0 Å². The standard InChI is InChI=1S/C14H14F4O3S/c1-13(9-10-4-6-11(15)7-5-10)8-2-3-12(13)21-22(19,20)14(16,17)18/h3-7H,2,8-9H2,1H3. The van der Waals surface area contributed by atoms with Crippen molar-refractivity contribution >= 4 is 10.1 Å². The lowest BCUT2D eigenvalue weighted by Crippen LogP contribution is -2.29. The largest absolute Gasteiger partial charge is 0.534 e. The molecular weight excluding hydrogens is 324 g/mol. The molecule has 0 heterocycles. The van der Waals surface area contributed by atoms with Gasteiger partial charge in [0.1, 0.15) is 11.6 Å². The number of rotatable bonds is 4. The second-order valence-corrected chi connectivity index (χ2v) is 6.99. The van der Waals surface area contributed by atoms with Crippen LogP contribution in [0.15, 0.2) is 36.1 Å². The van der Waals surface area contributed by atoms with Gasteiger partial charge in [0, 0.05) is 5.41 Å². The van der Waals surface area contributed by atoms with Gasteiger partial charge in [-0.15, -0.1) is 0 Å². The molecule has 0 aromatic heterocycles. The van der Waals surface area contributed by atoms with Crippen LogP contribution in [0.25, 0.3) is 0 Å². The SMILES string of the molecule is CC1(Cc2ccc(F)cc2)CCC=C1OS(=O)(=O)C(F)(F)F. The predicted molar refractivity (Wildman–Crippen MR) is 71.6 cm³/mol. The first-order chi connectivity index (χ1) is 10.0. The second kappa shape index (κ2) is 5.57. The van der Waals surface area contributed by atoms with Gasteiger partial charge in [-0.05, 0) is 43.0 Å². The molecule has 22 heavy (non-hydrogen) atoms. The van der Waals surface area contributed by atoms with Crippen LogP contribution in [0.3, 0.4) is 0 Å². The number of halogens is 4. The molecule has 1 unspecified atom stereocenters. The Hall–Kier alpha value is -1.57. The summed E-state index contributed by atoms with van der Waals surface area (Å²) in [6, 6.07) is 5.50. The minimum Gasteiger partial charge on any atom is -0.380 e. The first-order valence-corrected chi connectivity index (χ1v) is 7.90. The van der Waals surface area contributed by atoms with E-state index in [4.69, 9.17) is 0 Å². The van der Waals surface area contributed by atoms with E-state index in [2.05, 4.69) is 4.18 Å². The van der Waals surface area contributed by atoms with Crippen LogP contribution < -0.4 is 0 Å². The molecule has 0 aliphatic heterocycles. The maximum absolute atomic E-state index is 12.9. The molecule has 1 aliphatic rings. The van der Waals surface area contributed by atoms with Crippen molar-refractivity contribution in [1.82, 2.24) is 0 Å². The van der Waals surface area contributed by atoms with Gasteiger partial charge < -0.3 is 4.18 Å². The van der Waals surface area contributed by atoms with Crippen molar-refractivity contribution in [1.29, 1.82) is 0 Å². The highest BCUT2D eigenvalue weighted by molar-refractivity contribution is 7.87. The molecule has 3 nitrogen and oxygen atoms in total. The molecule has 1 aromatic carbocycles. The Balaban J connectivity index is 2.20. The van der Waals surface area contributed by atoms with Crippen LogP contribution in [0, 0.1) is 11.2 Å². The van der Waals surface area contributed by atoms with Crippen LogP contribution in [-0.2, 0) is 20.7 Å². The lowest BCUT2D eigenvalue weighted by atomic mass is 9.82. The average molecular weight is 338 g/mol. The highest BCUT2D eigenvalue weighted by atomic mass is 32.2. The molecule has 8 heteroatoms. The van der Waals surface area contributed by atoms with E-state index in [0.29, 0.717) is 18.4 Å². The van der Waals surface area contributed by atoms with Gasteiger partial charge in [0.15, 0.2) is 0 Å². The molecule has 0 N–H and O–H groups in total. The Morgan fingerprint density at radius 3 is 2.36 bits per heavy atom. The summed E-state index contributed by atoms with van der Waals surface area (Å²) in [5.74, 6) is -0.638. The molecule has 1 aromatic rings. The van der Waals surface area contributed by atoms with E-state index in [1.807, 2.05) is 0 Å². The lowest BCUT2D eigenvalue weighted by molar-refractivity contribution is -0.0531. The van der Waals surface area contributed by atoms with Crippen LogP contribution in [0.5, 0.6) is 0 Å². The normalized spacial score (nSPS) is 22.5. The molecule has 1 aliphatic carbocycles. The monoisotopic (exact) mass is 338 g/mol. The zero-order chi connectivity index (χ0) is 16.6. The first kappa shape index (κ1) is 16.8. The minimum absolute atomic E-state index is 0.214. The molecule has 122 valence electrons. The van der Waals surface area contributed by atoms with Crippen molar-refractivity contribution in [3.63, 3.8) is 0 Å². The summed E-state index contributed by atoms with van der Waals surface area (Å²) < 4.78 is 76.8. The third-order valence-corrected chi connectivity index (χ3v) is 4.58. The van der Waals surface area contributed by atoms with E-state index in [0.717, 1.165) is 0 Å². The molecule has 1 atom stereocenters. The number of hydrogen-bond donors (Lipinski definition) is 0. The lowest BCUT2D eigenvalue weighted by Gasteiger charge is -2.27. The number of alkyl halides is 3. The quantitative estimate of drug-likeness (QED) is 0.475. The second-order valence-electron chi connectivity index (χ2n) is 5.45. The number of allylic oxidation sites excluding steroid dienone is 2. The molecule has 0 bridgehead atoms. The van der Waals surface area contributed by atoms with E-state index < -0.39 is 26.9 Å². The average Bonchev–Trinajstić information content (AvgIpc) is 2.72. The number of benzene rings is 1. The highest BCUT2D eigenvalue weighted by Gasteiger charge is 2.50. The molecule has 0 radical (unpaired) electrons. The van der Waals surface area contributed by atoms with E-state index in [-0.39, 0.29) is 12.2 Å². The smallest absolute Gasteiger partial charge is 0.380 e. The van der Waals surface area contributed by atoms with Crippen molar-refractivity contribution in [3.8, 4) is 0 Å². The van der Waals surface area contributed by atoms with Gasteiger partial charge in [0.05, 0.1) is 0 Å². The summed E-state index contributed by atoms with van der Waals surface area (Å²) in [6.45, 7) is 1.63. The summed E-state index contributed by atoms with van der Waals surface area (Å²) in [7, 11) is -5.68. The Kier molecular flexibility index (Phi) is 4.25. The third-order valence-electron chi connectivity index (χ3n) is 3.61. The van der Waals surface area contributed by atoms with E-state index in [9.17, 15) is 26.0 Å². The molecular formula is C14H14F4O3S. The van der Waals surface area contributed by atoms with Gasteiger partial charge in [-0.1, -0.05) is 19.1 Å². The zero-order valence-electron chi connectivity index (χ0n) is 11.7. The van der Waals surface area contributed by atoms with Crippen LogP contribution in [0.1, 0.15) is 25.3 Å². The minimum atomic E-state index is -5.68. The van der Waals surface area contributed by atoms with Crippen LogP contribution in [0.2, 0.25) is 0 Å². The van der Waals surface area contributed by atoms with Gasteiger partial charge in [0.25, 0.3) is 0 Å².